The predicted octanol–water partition coefficient (Wildman–Crippen LogP) is 5.70. The fourth-order valence-electron chi connectivity index (χ4n) is 5.19. The number of benzene rings is 3. The molecule has 1 aliphatic rings. The lowest BCUT2D eigenvalue weighted by molar-refractivity contribution is 0.0915. The first-order valence-corrected chi connectivity index (χ1v) is 12.4. The molecule has 1 amide bonds. The number of fused-ring (bicyclic) bond motifs is 1. The lowest BCUT2D eigenvalue weighted by atomic mass is 9.91. The zero-order valence-corrected chi connectivity index (χ0v) is 21.6. The van der Waals surface area contributed by atoms with E-state index in [0.717, 1.165) is 54.4 Å². The number of amides is 1. The minimum Gasteiger partial charge on any atom is -0.350 e. The minimum atomic E-state index is -0.255. The van der Waals surface area contributed by atoms with Crippen molar-refractivity contribution in [1.82, 2.24) is 20.0 Å². The van der Waals surface area contributed by atoms with Crippen LogP contribution < -0.4 is 5.32 Å². The molecule has 8 heteroatoms. The minimum absolute atomic E-state index is 0. The number of rotatable bonds is 7. The molecule has 4 aromatic rings. The third-order valence-electron chi connectivity index (χ3n) is 7.19. The Kier molecular flexibility index (Phi) is 8.56. The molecule has 5 rings (SSSR count). The summed E-state index contributed by atoms with van der Waals surface area (Å²) in [5.41, 5.74) is 3.49. The van der Waals surface area contributed by atoms with E-state index in [9.17, 15) is 13.6 Å². The maximum atomic E-state index is 13.6. The second kappa shape index (κ2) is 11.8. The number of likely N-dealkylation sites (tertiary alicyclic amines) is 1. The number of nitrogens with one attached hydrogen (secondary N) is 1. The fraction of sp³-hybridized carbons (Fsp3) is 0.310. The standard InChI is InChI=1S/C29H30F2N4O.ClH/c1-34-28(25-4-2-3-5-26(25)33-34)29(36)32-19-21-14-16-35(17-15-21)27(22-8-12-24(31)13-9-22)18-20-6-10-23(30)11-7-20;/h2-13,21,27H,14-19H2,1H3,(H,32,36);1H. The first kappa shape index (κ1) is 26.8. The SMILES string of the molecule is Cl.Cn1nc2ccccc2c1C(=O)NCC1CCN(C(Cc2ccc(F)cc2)c2ccc(F)cc2)CC1. The summed E-state index contributed by atoms with van der Waals surface area (Å²) >= 11 is 0. The molecule has 0 saturated carbocycles. The topological polar surface area (TPSA) is 50.2 Å². The highest BCUT2D eigenvalue weighted by molar-refractivity contribution is 6.04. The van der Waals surface area contributed by atoms with Gasteiger partial charge in [-0.25, -0.2) is 8.78 Å². The van der Waals surface area contributed by atoms with Gasteiger partial charge < -0.3 is 5.32 Å². The van der Waals surface area contributed by atoms with Gasteiger partial charge in [-0.3, -0.25) is 14.4 Å². The van der Waals surface area contributed by atoms with Crippen LogP contribution in [0.4, 0.5) is 8.78 Å². The van der Waals surface area contributed by atoms with Crippen molar-refractivity contribution in [3.63, 3.8) is 0 Å². The molecule has 1 fully saturated rings. The van der Waals surface area contributed by atoms with E-state index in [1.54, 1.807) is 11.7 Å². The van der Waals surface area contributed by atoms with Crippen LogP contribution in [0.2, 0.25) is 0 Å². The number of halogens is 3. The number of nitrogens with zero attached hydrogens (tertiary/aromatic N) is 3. The van der Waals surface area contributed by atoms with E-state index < -0.39 is 0 Å². The molecule has 3 aromatic carbocycles. The third-order valence-corrected chi connectivity index (χ3v) is 7.19. The Balaban J connectivity index is 0.00000320. The van der Waals surface area contributed by atoms with Gasteiger partial charge in [0.25, 0.3) is 5.91 Å². The Labute approximate surface area is 221 Å². The van der Waals surface area contributed by atoms with Gasteiger partial charge >= 0.3 is 0 Å². The van der Waals surface area contributed by atoms with E-state index in [0.29, 0.717) is 18.2 Å². The molecular weight excluding hydrogens is 494 g/mol. The van der Waals surface area contributed by atoms with E-state index in [2.05, 4.69) is 15.3 Å². The molecule has 0 aliphatic carbocycles. The zero-order valence-electron chi connectivity index (χ0n) is 20.7. The highest BCUT2D eigenvalue weighted by Crippen LogP contribution is 2.30. The second-order valence-corrected chi connectivity index (χ2v) is 9.58. The van der Waals surface area contributed by atoms with E-state index >= 15 is 0 Å². The van der Waals surface area contributed by atoms with Crippen LogP contribution in [-0.4, -0.2) is 40.2 Å². The second-order valence-electron chi connectivity index (χ2n) is 9.58. The van der Waals surface area contributed by atoms with Crippen molar-refractivity contribution < 1.29 is 13.6 Å². The van der Waals surface area contributed by atoms with E-state index in [4.69, 9.17) is 0 Å². The maximum absolute atomic E-state index is 13.6. The Morgan fingerprint density at radius 2 is 1.59 bits per heavy atom. The molecular formula is C29H31ClF2N4O. The molecule has 5 nitrogen and oxygen atoms in total. The molecule has 194 valence electrons. The van der Waals surface area contributed by atoms with Crippen molar-refractivity contribution in [2.75, 3.05) is 19.6 Å². The molecule has 1 saturated heterocycles. The quantitative estimate of drug-likeness (QED) is 0.337. The molecule has 37 heavy (non-hydrogen) atoms. The first-order chi connectivity index (χ1) is 17.5. The Hall–Kier alpha value is -3.29. The molecule has 0 spiro atoms. The van der Waals surface area contributed by atoms with Crippen LogP contribution >= 0.6 is 12.4 Å². The third kappa shape index (κ3) is 6.17. The summed E-state index contributed by atoms with van der Waals surface area (Å²) in [6.45, 7) is 2.36. The van der Waals surface area contributed by atoms with Crippen molar-refractivity contribution in [2.24, 2.45) is 13.0 Å². The molecule has 1 unspecified atom stereocenters. The number of hydrogen-bond donors (Lipinski definition) is 1. The van der Waals surface area contributed by atoms with Crippen molar-refractivity contribution in [3.8, 4) is 0 Å². The normalized spacial score (nSPS) is 15.3. The first-order valence-electron chi connectivity index (χ1n) is 12.4. The fourth-order valence-corrected chi connectivity index (χ4v) is 5.19. The van der Waals surface area contributed by atoms with E-state index in [1.165, 1.54) is 24.3 Å². The van der Waals surface area contributed by atoms with Gasteiger partial charge in [0.2, 0.25) is 0 Å². The van der Waals surface area contributed by atoms with Crippen molar-refractivity contribution in [2.45, 2.75) is 25.3 Å². The van der Waals surface area contributed by atoms with Crippen LogP contribution in [-0.2, 0) is 13.5 Å². The molecule has 1 aromatic heterocycles. The molecule has 1 atom stereocenters. The van der Waals surface area contributed by atoms with Gasteiger partial charge in [-0.15, -0.1) is 12.4 Å². The number of carbonyl (C=O) groups is 1. The monoisotopic (exact) mass is 524 g/mol. The highest BCUT2D eigenvalue weighted by Gasteiger charge is 2.27. The van der Waals surface area contributed by atoms with Crippen LogP contribution in [0.5, 0.6) is 0 Å². The summed E-state index contributed by atoms with van der Waals surface area (Å²) in [7, 11) is 1.80. The van der Waals surface area contributed by atoms with Crippen molar-refractivity contribution >= 4 is 29.2 Å². The molecule has 1 N–H and O–H groups in total. The summed E-state index contributed by atoms with van der Waals surface area (Å²) < 4.78 is 28.6. The number of aromatic nitrogens is 2. The van der Waals surface area contributed by atoms with E-state index in [-0.39, 0.29) is 36.0 Å². The average molecular weight is 525 g/mol. The van der Waals surface area contributed by atoms with Gasteiger partial charge in [0.15, 0.2) is 0 Å². The van der Waals surface area contributed by atoms with Crippen LogP contribution in [0.3, 0.4) is 0 Å². The van der Waals surface area contributed by atoms with Crippen LogP contribution in [0, 0.1) is 17.6 Å². The number of aryl methyl sites for hydroxylation is 1. The summed E-state index contributed by atoms with van der Waals surface area (Å²) in [5, 5.41) is 8.41. The highest BCUT2D eigenvalue weighted by atomic mass is 35.5. The van der Waals surface area contributed by atoms with Crippen molar-refractivity contribution in [1.29, 1.82) is 0 Å². The number of piperidine rings is 1. The van der Waals surface area contributed by atoms with Gasteiger partial charge in [0, 0.05) is 25.0 Å². The Morgan fingerprint density at radius 1 is 0.973 bits per heavy atom. The zero-order chi connectivity index (χ0) is 25.1. The molecule has 0 bridgehead atoms. The Morgan fingerprint density at radius 3 is 2.27 bits per heavy atom. The Bertz CT molecular complexity index is 1330. The summed E-state index contributed by atoms with van der Waals surface area (Å²) in [6, 6.07) is 21.0. The summed E-state index contributed by atoms with van der Waals surface area (Å²) in [4.78, 5) is 15.4. The number of hydrogen-bond acceptors (Lipinski definition) is 3. The van der Waals surface area contributed by atoms with Gasteiger partial charge in [-0.05, 0) is 79.7 Å². The lowest BCUT2D eigenvalue weighted by Gasteiger charge is -2.38. The van der Waals surface area contributed by atoms with Crippen LogP contribution in [0.25, 0.3) is 10.9 Å². The van der Waals surface area contributed by atoms with Gasteiger partial charge in [-0.1, -0.05) is 42.5 Å². The van der Waals surface area contributed by atoms with E-state index in [1.807, 2.05) is 48.5 Å². The predicted molar refractivity (Wildman–Crippen MR) is 144 cm³/mol. The van der Waals surface area contributed by atoms with Gasteiger partial charge in [0.05, 0.1) is 5.52 Å². The smallest absolute Gasteiger partial charge is 0.270 e. The maximum Gasteiger partial charge on any atom is 0.270 e. The van der Waals surface area contributed by atoms with Gasteiger partial charge in [0.1, 0.15) is 17.3 Å². The van der Waals surface area contributed by atoms with Crippen LogP contribution in [0.1, 0.15) is 40.5 Å². The lowest BCUT2D eigenvalue weighted by Crippen LogP contribution is -2.41. The molecule has 1 aliphatic heterocycles. The molecule has 0 radical (unpaired) electrons. The van der Waals surface area contributed by atoms with Gasteiger partial charge in [-0.2, -0.15) is 5.10 Å². The average Bonchev–Trinajstić information content (AvgIpc) is 3.24. The van der Waals surface area contributed by atoms with Crippen molar-refractivity contribution in [3.05, 3.63) is 101 Å². The van der Waals surface area contributed by atoms with Crippen LogP contribution in [0.15, 0.2) is 72.8 Å². The summed E-state index contributed by atoms with van der Waals surface area (Å²) in [5.74, 6) is -0.229. The molecule has 2 heterocycles. The summed E-state index contributed by atoms with van der Waals surface area (Å²) in [6.07, 6.45) is 2.63. The largest absolute Gasteiger partial charge is 0.350 e. The number of carbonyl (C=O) groups excluding carboxylic acids is 1.